The fourth-order valence-electron chi connectivity index (χ4n) is 4.32. The molecule has 134 valence electrons. The zero-order valence-electron chi connectivity index (χ0n) is 15.3. The highest BCUT2D eigenvalue weighted by molar-refractivity contribution is 6.30. The molecule has 1 atom stereocenters. The Bertz CT molecular complexity index is 782. The van der Waals surface area contributed by atoms with Crippen LogP contribution in [-0.4, -0.2) is 26.3 Å². The van der Waals surface area contributed by atoms with Crippen molar-refractivity contribution in [3.8, 4) is 0 Å². The van der Waals surface area contributed by atoms with Gasteiger partial charge in [-0.1, -0.05) is 25.4 Å². The van der Waals surface area contributed by atoms with E-state index in [9.17, 15) is 0 Å². The van der Waals surface area contributed by atoms with E-state index in [2.05, 4.69) is 35.6 Å². The van der Waals surface area contributed by atoms with E-state index in [1.165, 1.54) is 23.2 Å². The van der Waals surface area contributed by atoms with Crippen molar-refractivity contribution in [2.45, 2.75) is 65.5 Å². The van der Waals surface area contributed by atoms with Gasteiger partial charge in [0.05, 0.1) is 11.7 Å². The van der Waals surface area contributed by atoms with Gasteiger partial charge in [-0.2, -0.15) is 5.10 Å². The van der Waals surface area contributed by atoms with Crippen molar-refractivity contribution in [2.75, 3.05) is 11.4 Å². The predicted molar refractivity (Wildman–Crippen MR) is 100 cm³/mol. The predicted octanol–water partition coefficient (Wildman–Crippen LogP) is 4.12. The number of hydrogen-bond donors (Lipinski definition) is 0. The molecule has 1 unspecified atom stereocenters. The lowest BCUT2D eigenvalue weighted by Crippen LogP contribution is -2.25. The summed E-state index contributed by atoms with van der Waals surface area (Å²) < 4.78 is 1.97. The summed E-state index contributed by atoms with van der Waals surface area (Å²) in [5.41, 5.74) is 4.81. The van der Waals surface area contributed by atoms with Gasteiger partial charge < -0.3 is 4.90 Å². The van der Waals surface area contributed by atoms with Crippen molar-refractivity contribution in [2.24, 2.45) is 5.92 Å². The number of rotatable bonds is 4. The second kappa shape index (κ2) is 6.60. The maximum absolute atomic E-state index is 6.76. The topological polar surface area (TPSA) is 46.8 Å². The van der Waals surface area contributed by atoms with Crippen molar-refractivity contribution >= 4 is 17.4 Å². The van der Waals surface area contributed by atoms with Crippen LogP contribution >= 0.6 is 11.6 Å². The normalized spacial score (nSPS) is 19.9. The minimum absolute atomic E-state index is 0.271. The molecule has 0 spiro atoms. The zero-order valence-corrected chi connectivity index (χ0v) is 16.1. The molecular formula is C19H26ClN5. The van der Waals surface area contributed by atoms with Gasteiger partial charge in [0.1, 0.15) is 17.3 Å². The minimum Gasteiger partial charge on any atom is -0.349 e. The average Bonchev–Trinajstić information content (AvgIpc) is 3.26. The van der Waals surface area contributed by atoms with Crippen LogP contribution in [0.4, 0.5) is 5.82 Å². The minimum atomic E-state index is 0.271. The number of hydrogen-bond acceptors (Lipinski definition) is 4. The Balaban J connectivity index is 1.72. The molecular weight excluding hydrogens is 334 g/mol. The highest BCUT2D eigenvalue weighted by Gasteiger charge is 2.34. The highest BCUT2D eigenvalue weighted by atomic mass is 35.5. The molecule has 2 aliphatic rings. The van der Waals surface area contributed by atoms with Crippen molar-refractivity contribution in [1.82, 2.24) is 19.7 Å². The standard InChI is InChI=1S/C19H26ClN5/c1-12(2)10-25-18(20)17(13(3)23-25)16-8-5-9-24(16)19-14-6-4-7-15(14)21-11-22-19/h11-12,16H,4-10H2,1-3H3. The highest BCUT2D eigenvalue weighted by Crippen LogP contribution is 2.42. The molecule has 4 rings (SSSR count). The van der Waals surface area contributed by atoms with Crippen LogP contribution in [0.2, 0.25) is 5.15 Å². The fourth-order valence-corrected chi connectivity index (χ4v) is 4.69. The third-order valence-corrected chi connectivity index (χ3v) is 5.76. The van der Waals surface area contributed by atoms with Crippen LogP contribution in [0.3, 0.4) is 0 Å². The van der Waals surface area contributed by atoms with Gasteiger partial charge in [0.15, 0.2) is 0 Å². The van der Waals surface area contributed by atoms with Crippen LogP contribution in [0.1, 0.15) is 61.7 Å². The molecule has 0 radical (unpaired) electrons. The van der Waals surface area contributed by atoms with E-state index in [-0.39, 0.29) is 6.04 Å². The van der Waals surface area contributed by atoms with E-state index < -0.39 is 0 Å². The van der Waals surface area contributed by atoms with Gasteiger partial charge in [0, 0.05) is 29.9 Å². The molecule has 1 saturated heterocycles. The maximum atomic E-state index is 6.76. The first-order chi connectivity index (χ1) is 12.1. The van der Waals surface area contributed by atoms with E-state index in [0.717, 1.165) is 55.4 Å². The van der Waals surface area contributed by atoms with E-state index in [4.69, 9.17) is 16.7 Å². The Kier molecular flexibility index (Phi) is 4.44. The lowest BCUT2D eigenvalue weighted by molar-refractivity contribution is 0.481. The van der Waals surface area contributed by atoms with E-state index in [1.54, 1.807) is 6.33 Å². The van der Waals surface area contributed by atoms with Crippen molar-refractivity contribution in [3.05, 3.63) is 34.0 Å². The molecule has 25 heavy (non-hydrogen) atoms. The SMILES string of the molecule is Cc1nn(CC(C)C)c(Cl)c1C1CCCN1c1ncnc2c1CCC2. The smallest absolute Gasteiger partial charge is 0.135 e. The molecule has 6 heteroatoms. The molecule has 3 heterocycles. The van der Waals surface area contributed by atoms with Crippen LogP contribution in [0.5, 0.6) is 0 Å². The van der Waals surface area contributed by atoms with Crippen LogP contribution < -0.4 is 4.90 Å². The molecule has 2 aromatic rings. The summed E-state index contributed by atoms with van der Waals surface area (Å²) in [6, 6.07) is 0.271. The van der Waals surface area contributed by atoms with E-state index in [1.807, 2.05) is 4.68 Å². The number of aryl methyl sites for hydroxylation is 2. The van der Waals surface area contributed by atoms with Crippen molar-refractivity contribution < 1.29 is 0 Å². The third kappa shape index (κ3) is 2.92. The Morgan fingerprint density at radius 2 is 2.08 bits per heavy atom. The fraction of sp³-hybridized carbons (Fsp3) is 0.632. The molecule has 0 saturated carbocycles. The summed E-state index contributed by atoms with van der Waals surface area (Å²) in [6.45, 7) is 8.35. The Hall–Kier alpha value is -1.62. The molecule has 0 aromatic carbocycles. The van der Waals surface area contributed by atoms with Gasteiger partial charge in [0.25, 0.3) is 0 Å². The molecule has 1 aliphatic heterocycles. The molecule has 0 N–H and O–H groups in total. The largest absolute Gasteiger partial charge is 0.349 e. The first-order valence-electron chi connectivity index (χ1n) is 9.38. The van der Waals surface area contributed by atoms with Gasteiger partial charge in [-0.15, -0.1) is 0 Å². The van der Waals surface area contributed by atoms with Gasteiger partial charge in [0.2, 0.25) is 0 Å². The van der Waals surface area contributed by atoms with Crippen molar-refractivity contribution in [3.63, 3.8) is 0 Å². The van der Waals surface area contributed by atoms with Gasteiger partial charge in [-0.05, 0) is 44.9 Å². The molecule has 1 aliphatic carbocycles. The number of nitrogens with zero attached hydrogens (tertiary/aromatic N) is 5. The first-order valence-corrected chi connectivity index (χ1v) is 9.76. The third-order valence-electron chi connectivity index (χ3n) is 5.36. The average molecular weight is 360 g/mol. The van der Waals surface area contributed by atoms with Crippen LogP contribution in [0.25, 0.3) is 0 Å². The summed E-state index contributed by atoms with van der Waals surface area (Å²) in [5.74, 6) is 1.64. The van der Waals surface area contributed by atoms with Crippen LogP contribution in [0, 0.1) is 12.8 Å². The first kappa shape index (κ1) is 16.8. The number of fused-ring (bicyclic) bond motifs is 1. The van der Waals surface area contributed by atoms with Gasteiger partial charge in [-0.25, -0.2) is 9.97 Å². The Labute approximate surface area is 154 Å². The second-order valence-electron chi connectivity index (χ2n) is 7.69. The Morgan fingerprint density at radius 1 is 1.24 bits per heavy atom. The number of halogens is 1. The zero-order chi connectivity index (χ0) is 17.6. The summed E-state index contributed by atoms with van der Waals surface area (Å²) in [7, 11) is 0. The Morgan fingerprint density at radius 3 is 2.88 bits per heavy atom. The summed E-state index contributed by atoms with van der Waals surface area (Å²) in [4.78, 5) is 11.6. The van der Waals surface area contributed by atoms with E-state index in [0.29, 0.717) is 5.92 Å². The number of aromatic nitrogens is 4. The lowest BCUT2D eigenvalue weighted by atomic mass is 10.1. The molecule has 2 aromatic heterocycles. The lowest BCUT2D eigenvalue weighted by Gasteiger charge is -2.27. The molecule has 5 nitrogen and oxygen atoms in total. The van der Waals surface area contributed by atoms with Crippen LogP contribution in [0.15, 0.2) is 6.33 Å². The molecule has 0 amide bonds. The van der Waals surface area contributed by atoms with Crippen molar-refractivity contribution in [1.29, 1.82) is 0 Å². The monoisotopic (exact) mass is 359 g/mol. The van der Waals surface area contributed by atoms with Crippen LogP contribution in [-0.2, 0) is 19.4 Å². The molecule has 1 fully saturated rings. The maximum Gasteiger partial charge on any atom is 0.135 e. The van der Waals surface area contributed by atoms with Gasteiger partial charge in [-0.3, -0.25) is 4.68 Å². The van der Waals surface area contributed by atoms with Gasteiger partial charge >= 0.3 is 0 Å². The summed E-state index contributed by atoms with van der Waals surface area (Å²) in [6.07, 6.45) is 7.35. The molecule has 0 bridgehead atoms. The quantitative estimate of drug-likeness (QED) is 0.823. The summed E-state index contributed by atoms with van der Waals surface area (Å²) in [5, 5.41) is 5.52. The summed E-state index contributed by atoms with van der Waals surface area (Å²) >= 11 is 6.76. The number of anilines is 1. The second-order valence-corrected chi connectivity index (χ2v) is 8.05. The van der Waals surface area contributed by atoms with E-state index >= 15 is 0 Å².